The quantitative estimate of drug-likeness (QED) is 0.123. The molecule has 260 valence electrons. The van der Waals surface area contributed by atoms with E-state index in [2.05, 4.69) is 5.32 Å². The first-order chi connectivity index (χ1) is 22.6. The van der Waals surface area contributed by atoms with E-state index in [0.717, 1.165) is 5.56 Å². The topological polar surface area (TPSA) is 227 Å². The summed E-state index contributed by atoms with van der Waals surface area (Å²) in [7, 11) is 0. The number of hydrogen-bond donors (Lipinski definition) is 8. The maximum Gasteiger partial charge on any atom is 0.231 e. The van der Waals surface area contributed by atoms with E-state index in [1.165, 1.54) is 0 Å². The van der Waals surface area contributed by atoms with E-state index in [9.17, 15) is 35.7 Å². The number of benzene rings is 2. The Morgan fingerprint density at radius 3 is 2.02 bits per heavy atom. The highest BCUT2D eigenvalue weighted by atomic mass is 16.7. The van der Waals surface area contributed by atoms with Crippen molar-refractivity contribution in [2.45, 2.75) is 86.9 Å². The van der Waals surface area contributed by atoms with Gasteiger partial charge in [0.05, 0.1) is 19.3 Å². The third kappa shape index (κ3) is 7.44. The lowest BCUT2D eigenvalue weighted by Gasteiger charge is -2.43. The highest BCUT2D eigenvalue weighted by Crippen LogP contribution is 2.37. The molecule has 1 unspecified atom stereocenters. The first-order valence-corrected chi connectivity index (χ1v) is 15.4. The molecule has 4 heterocycles. The van der Waals surface area contributed by atoms with Crippen LogP contribution in [0.25, 0.3) is 0 Å². The van der Waals surface area contributed by atoms with Crippen molar-refractivity contribution in [3.8, 4) is 23.0 Å². The third-order valence-corrected chi connectivity index (χ3v) is 8.64. The summed E-state index contributed by atoms with van der Waals surface area (Å²) in [5.41, 5.74) is 1.68. The number of fused-ring (bicyclic) bond motifs is 2. The third-order valence-electron chi connectivity index (χ3n) is 8.64. The molecule has 0 aromatic heterocycles. The summed E-state index contributed by atoms with van der Waals surface area (Å²) in [6.07, 6.45) is -15.5. The summed E-state index contributed by atoms with van der Waals surface area (Å²) < 4.78 is 44.9. The predicted molar refractivity (Wildman–Crippen MR) is 157 cm³/mol. The molecule has 6 rings (SSSR count). The van der Waals surface area contributed by atoms with Crippen LogP contribution in [0, 0.1) is 0 Å². The van der Waals surface area contributed by atoms with E-state index < -0.39 is 80.7 Å². The Morgan fingerprint density at radius 2 is 1.32 bits per heavy atom. The van der Waals surface area contributed by atoms with Gasteiger partial charge in [0, 0.05) is 12.6 Å². The van der Waals surface area contributed by atoms with E-state index in [1.807, 2.05) is 25.1 Å². The van der Waals surface area contributed by atoms with Crippen molar-refractivity contribution in [1.82, 2.24) is 5.32 Å². The van der Waals surface area contributed by atoms with Gasteiger partial charge in [0.25, 0.3) is 0 Å². The summed E-state index contributed by atoms with van der Waals surface area (Å²) >= 11 is 0. The van der Waals surface area contributed by atoms with Crippen LogP contribution in [0.5, 0.6) is 23.0 Å². The van der Waals surface area contributed by atoms with Crippen LogP contribution in [0.1, 0.15) is 24.2 Å². The van der Waals surface area contributed by atoms with Gasteiger partial charge in [-0.1, -0.05) is 12.1 Å². The maximum atomic E-state index is 10.9. The Balaban J connectivity index is 1.13. The number of rotatable bonds is 12. The van der Waals surface area contributed by atoms with Crippen molar-refractivity contribution >= 4 is 0 Å². The van der Waals surface area contributed by atoms with Crippen molar-refractivity contribution in [3.05, 3.63) is 47.5 Å². The van der Waals surface area contributed by atoms with Gasteiger partial charge in [-0.25, -0.2) is 0 Å². The lowest BCUT2D eigenvalue weighted by molar-refractivity contribution is -0.336. The van der Waals surface area contributed by atoms with E-state index in [1.54, 1.807) is 18.2 Å². The molecule has 0 spiro atoms. The van der Waals surface area contributed by atoms with Crippen LogP contribution in [-0.4, -0.2) is 137 Å². The van der Waals surface area contributed by atoms with Crippen molar-refractivity contribution < 1.29 is 73.6 Å². The van der Waals surface area contributed by atoms with Crippen molar-refractivity contribution in [1.29, 1.82) is 0 Å². The second kappa shape index (κ2) is 14.7. The van der Waals surface area contributed by atoms with Crippen molar-refractivity contribution in [3.63, 3.8) is 0 Å². The molecular weight excluding hydrogens is 626 g/mol. The summed E-state index contributed by atoms with van der Waals surface area (Å²) in [5, 5.41) is 75.6. The summed E-state index contributed by atoms with van der Waals surface area (Å²) in [4.78, 5) is 0. The zero-order valence-corrected chi connectivity index (χ0v) is 25.5. The molecule has 4 aliphatic rings. The van der Waals surface area contributed by atoms with Gasteiger partial charge in [-0.15, -0.1) is 0 Å². The molecule has 0 radical (unpaired) electrons. The maximum absolute atomic E-state index is 10.9. The van der Waals surface area contributed by atoms with E-state index in [0.29, 0.717) is 35.0 Å². The Kier molecular flexibility index (Phi) is 10.7. The molecule has 8 N–H and O–H groups in total. The van der Waals surface area contributed by atoms with Crippen LogP contribution in [0.3, 0.4) is 0 Å². The molecular formula is C31H41NO15. The molecule has 47 heavy (non-hydrogen) atoms. The fourth-order valence-corrected chi connectivity index (χ4v) is 5.88. The number of aliphatic hydroxyl groups is 7. The van der Waals surface area contributed by atoms with Gasteiger partial charge in [-0.3, -0.25) is 0 Å². The Labute approximate surface area is 269 Å². The molecule has 0 bridgehead atoms. The first kappa shape index (κ1) is 34.0. The fourth-order valence-electron chi connectivity index (χ4n) is 5.88. The lowest BCUT2D eigenvalue weighted by atomic mass is 9.98. The Bertz CT molecular complexity index is 1350. The number of nitrogens with one attached hydrogen (secondary N) is 1. The second-order valence-corrected chi connectivity index (χ2v) is 12.0. The Morgan fingerprint density at radius 1 is 0.723 bits per heavy atom. The molecule has 0 aliphatic carbocycles. The molecule has 16 nitrogen and oxygen atoms in total. The zero-order chi connectivity index (χ0) is 33.2. The number of ether oxygens (including phenoxy) is 8. The molecule has 2 aromatic carbocycles. The molecule has 4 aliphatic heterocycles. The van der Waals surface area contributed by atoms with Crippen LogP contribution < -0.4 is 24.3 Å². The molecule has 0 saturated carbocycles. The van der Waals surface area contributed by atoms with Gasteiger partial charge < -0.3 is 79.0 Å². The SMILES string of the molecule is CC(Cc1ccc2c(c1)OCO2)NC[C@H](O[C@@H]1O[C@H](CO[C@@H]2O[C@H](CO)[C@@H](O)[C@H](O)[C@H]2O)[C@@H](O)[C@H](O)[C@H]1O)c1ccc2c(c1)OCO2. The smallest absolute Gasteiger partial charge is 0.231 e. The number of aliphatic hydroxyl groups excluding tert-OH is 7. The van der Waals surface area contributed by atoms with Crippen molar-refractivity contribution in [2.75, 3.05) is 33.3 Å². The van der Waals surface area contributed by atoms with Crippen LogP contribution in [0.15, 0.2) is 36.4 Å². The van der Waals surface area contributed by atoms with Crippen LogP contribution in [0.4, 0.5) is 0 Å². The average molecular weight is 668 g/mol. The molecule has 16 heteroatoms. The van der Waals surface area contributed by atoms with Gasteiger partial charge >= 0.3 is 0 Å². The monoisotopic (exact) mass is 667 g/mol. The fraction of sp³-hybridized carbons (Fsp3) is 0.613. The van der Waals surface area contributed by atoms with Crippen molar-refractivity contribution in [2.24, 2.45) is 0 Å². The molecule has 0 amide bonds. The molecule has 12 atom stereocenters. The second-order valence-electron chi connectivity index (χ2n) is 12.0. The average Bonchev–Trinajstić information content (AvgIpc) is 3.75. The van der Waals surface area contributed by atoms with Crippen LogP contribution in [-0.2, 0) is 25.4 Å². The molecule has 2 fully saturated rings. The van der Waals surface area contributed by atoms with Gasteiger partial charge in [0.1, 0.15) is 48.8 Å². The number of hydrogen-bond acceptors (Lipinski definition) is 16. The summed E-state index contributed by atoms with van der Waals surface area (Å²) in [6, 6.07) is 11.0. The molecule has 2 aromatic rings. The van der Waals surface area contributed by atoms with E-state index >= 15 is 0 Å². The zero-order valence-electron chi connectivity index (χ0n) is 25.5. The Hall–Kier alpha value is -2.84. The predicted octanol–water partition coefficient (Wildman–Crippen LogP) is -1.95. The minimum absolute atomic E-state index is 0.0419. The van der Waals surface area contributed by atoms with Gasteiger partial charge in [0.2, 0.25) is 13.6 Å². The lowest BCUT2D eigenvalue weighted by Crippen LogP contribution is -2.62. The van der Waals surface area contributed by atoms with Gasteiger partial charge in [0.15, 0.2) is 35.6 Å². The summed E-state index contributed by atoms with van der Waals surface area (Å²) in [5.74, 6) is 2.46. The van der Waals surface area contributed by atoms with E-state index in [4.69, 9.17) is 37.9 Å². The van der Waals surface area contributed by atoms with Crippen LogP contribution >= 0.6 is 0 Å². The normalized spacial score (nSPS) is 34.3. The first-order valence-electron chi connectivity index (χ1n) is 15.4. The standard InChI is InChI=1S/C31H41NO15/c1-14(6-15-2-4-17-19(7-15)43-12-41-17)32-9-21(16-3-5-18-20(8-16)44-13-42-18)45-31-29(39)27(37)25(35)23(47-31)11-40-30-28(38)26(36)24(34)22(10-33)46-30/h2-5,7-8,14,21-39H,6,9-13H2,1H3/t14?,21-,22+,23+,24+,25+,26-,27-,28+,29+,30+,31+/m0/s1. The largest absolute Gasteiger partial charge is 0.454 e. The van der Waals surface area contributed by atoms with Gasteiger partial charge in [-0.05, 0) is 48.7 Å². The minimum Gasteiger partial charge on any atom is -0.454 e. The minimum atomic E-state index is -1.70. The highest BCUT2D eigenvalue weighted by molar-refractivity contribution is 5.46. The highest BCUT2D eigenvalue weighted by Gasteiger charge is 2.48. The molecule has 2 saturated heterocycles. The van der Waals surface area contributed by atoms with Gasteiger partial charge in [-0.2, -0.15) is 0 Å². The van der Waals surface area contributed by atoms with E-state index in [-0.39, 0.29) is 26.2 Å². The van der Waals surface area contributed by atoms with Crippen LogP contribution in [0.2, 0.25) is 0 Å². The summed E-state index contributed by atoms with van der Waals surface area (Å²) in [6.45, 7) is 1.36.